The summed E-state index contributed by atoms with van der Waals surface area (Å²) < 4.78 is 0. The summed E-state index contributed by atoms with van der Waals surface area (Å²) in [6.45, 7) is 3.98. The molecular formula is C13H18N2O. The van der Waals surface area contributed by atoms with Crippen LogP contribution in [0.3, 0.4) is 0 Å². The molecule has 2 rings (SSSR count). The van der Waals surface area contributed by atoms with Crippen LogP contribution in [0.5, 0.6) is 0 Å². The quantitative estimate of drug-likeness (QED) is 0.803. The summed E-state index contributed by atoms with van der Waals surface area (Å²) in [7, 11) is 0. The van der Waals surface area contributed by atoms with Crippen LogP contribution in [-0.4, -0.2) is 19.0 Å². The highest BCUT2D eigenvalue weighted by Crippen LogP contribution is 2.13. The van der Waals surface area contributed by atoms with E-state index in [9.17, 15) is 4.79 Å². The van der Waals surface area contributed by atoms with Crippen LogP contribution in [0, 0.1) is 5.92 Å². The molecule has 1 aromatic rings. The first-order valence-corrected chi connectivity index (χ1v) is 5.80. The van der Waals surface area contributed by atoms with E-state index in [1.807, 2.05) is 37.3 Å². The van der Waals surface area contributed by atoms with Gasteiger partial charge in [0.05, 0.1) is 6.04 Å². The molecule has 86 valence electrons. The largest absolute Gasteiger partial charge is 0.350 e. The molecule has 0 radical (unpaired) electrons. The second-order valence-electron chi connectivity index (χ2n) is 4.43. The van der Waals surface area contributed by atoms with E-state index in [2.05, 4.69) is 10.6 Å². The van der Waals surface area contributed by atoms with Crippen LogP contribution in [0.2, 0.25) is 0 Å². The van der Waals surface area contributed by atoms with E-state index in [1.165, 1.54) is 0 Å². The van der Waals surface area contributed by atoms with Crippen LogP contribution in [0.15, 0.2) is 30.3 Å². The lowest BCUT2D eigenvalue weighted by Crippen LogP contribution is -2.44. The zero-order valence-corrected chi connectivity index (χ0v) is 9.57. The molecule has 1 aliphatic heterocycles. The van der Waals surface area contributed by atoms with Crippen molar-refractivity contribution in [2.75, 3.05) is 13.1 Å². The van der Waals surface area contributed by atoms with Gasteiger partial charge >= 0.3 is 0 Å². The maximum absolute atomic E-state index is 11.7. The molecule has 1 saturated heterocycles. The molecule has 0 aromatic heterocycles. The predicted molar refractivity (Wildman–Crippen MR) is 64.0 cm³/mol. The van der Waals surface area contributed by atoms with Crippen molar-refractivity contribution in [1.82, 2.24) is 10.6 Å². The van der Waals surface area contributed by atoms with Gasteiger partial charge in [0.25, 0.3) is 0 Å². The Morgan fingerprint density at radius 3 is 2.69 bits per heavy atom. The van der Waals surface area contributed by atoms with Gasteiger partial charge in [0, 0.05) is 6.42 Å². The fourth-order valence-electron chi connectivity index (χ4n) is 1.88. The Hall–Kier alpha value is -1.35. The number of hydrogen-bond acceptors (Lipinski definition) is 2. The second-order valence-corrected chi connectivity index (χ2v) is 4.43. The molecule has 0 spiro atoms. The zero-order chi connectivity index (χ0) is 11.4. The first-order chi connectivity index (χ1) is 7.75. The van der Waals surface area contributed by atoms with Crippen molar-refractivity contribution in [2.45, 2.75) is 19.4 Å². The minimum atomic E-state index is 0.0988. The van der Waals surface area contributed by atoms with Crippen molar-refractivity contribution in [3.8, 4) is 0 Å². The lowest BCUT2D eigenvalue weighted by molar-refractivity contribution is -0.123. The summed E-state index contributed by atoms with van der Waals surface area (Å²) in [5.41, 5.74) is 1.16. The number of carbonyl (C=O) groups is 1. The molecule has 3 heteroatoms. The maximum Gasteiger partial charge on any atom is 0.220 e. The van der Waals surface area contributed by atoms with Crippen molar-refractivity contribution < 1.29 is 4.79 Å². The topological polar surface area (TPSA) is 41.1 Å². The fraction of sp³-hybridized carbons (Fsp3) is 0.462. The summed E-state index contributed by atoms with van der Waals surface area (Å²) in [6.07, 6.45) is 0.643. The lowest BCUT2D eigenvalue weighted by atomic mass is 9.98. The summed E-state index contributed by atoms with van der Waals surface area (Å²) in [4.78, 5) is 11.7. The third-order valence-electron chi connectivity index (χ3n) is 3.02. The second kappa shape index (κ2) is 5.12. The zero-order valence-electron chi connectivity index (χ0n) is 9.57. The van der Waals surface area contributed by atoms with Gasteiger partial charge in [-0.15, -0.1) is 0 Å². The van der Waals surface area contributed by atoms with Crippen LogP contribution in [0.4, 0.5) is 0 Å². The highest BCUT2D eigenvalue weighted by Gasteiger charge is 2.20. The number of nitrogens with one attached hydrogen (secondary N) is 2. The lowest BCUT2D eigenvalue weighted by Gasteiger charge is -2.27. The average molecular weight is 218 g/mol. The summed E-state index contributed by atoms with van der Waals surface area (Å²) in [5.74, 6) is 0.686. The van der Waals surface area contributed by atoms with E-state index < -0.39 is 0 Å². The smallest absolute Gasteiger partial charge is 0.220 e. The summed E-state index contributed by atoms with van der Waals surface area (Å²) >= 11 is 0. The van der Waals surface area contributed by atoms with Crippen molar-refractivity contribution in [3.05, 3.63) is 35.9 Å². The third-order valence-corrected chi connectivity index (χ3v) is 3.02. The van der Waals surface area contributed by atoms with Crippen molar-refractivity contribution in [1.29, 1.82) is 0 Å². The van der Waals surface area contributed by atoms with Gasteiger partial charge in [-0.3, -0.25) is 4.79 Å². The van der Waals surface area contributed by atoms with E-state index in [0.717, 1.165) is 18.7 Å². The molecule has 16 heavy (non-hydrogen) atoms. The van der Waals surface area contributed by atoms with Crippen LogP contribution in [0.25, 0.3) is 0 Å². The number of hydrogen-bond donors (Lipinski definition) is 2. The summed E-state index contributed by atoms with van der Waals surface area (Å²) in [6, 6.07) is 10.1. The van der Waals surface area contributed by atoms with E-state index in [4.69, 9.17) is 0 Å². The number of rotatable bonds is 4. The fourth-order valence-corrected chi connectivity index (χ4v) is 1.88. The van der Waals surface area contributed by atoms with E-state index in [0.29, 0.717) is 12.3 Å². The first kappa shape index (κ1) is 11.1. The van der Waals surface area contributed by atoms with Gasteiger partial charge in [0.1, 0.15) is 0 Å². The third kappa shape index (κ3) is 2.83. The Kier molecular flexibility index (Phi) is 3.57. The molecule has 0 bridgehead atoms. The molecular weight excluding hydrogens is 200 g/mol. The SMILES string of the molecule is C[C@H](NC(=O)CC1CNC1)c1ccccc1. The number of carbonyl (C=O) groups excluding carboxylic acids is 1. The van der Waals surface area contributed by atoms with Gasteiger partial charge in [-0.1, -0.05) is 30.3 Å². The maximum atomic E-state index is 11.7. The number of amides is 1. The first-order valence-electron chi connectivity index (χ1n) is 5.80. The van der Waals surface area contributed by atoms with Gasteiger partial charge in [0.15, 0.2) is 0 Å². The summed E-state index contributed by atoms with van der Waals surface area (Å²) in [5, 5.41) is 6.20. The van der Waals surface area contributed by atoms with Crippen LogP contribution < -0.4 is 10.6 Å². The predicted octanol–water partition coefficient (Wildman–Crippen LogP) is 1.47. The Morgan fingerprint density at radius 1 is 1.44 bits per heavy atom. The minimum absolute atomic E-state index is 0.0988. The van der Waals surface area contributed by atoms with Crippen LogP contribution >= 0.6 is 0 Å². The van der Waals surface area contributed by atoms with Gasteiger partial charge in [-0.05, 0) is 31.5 Å². The van der Waals surface area contributed by atoms with Gasteiger partial charge in [-0.25, -0.2) is 0 Å². The Bertz CT molecular complexity index is 346. The van der Waals surface area contributed by atoms with Crippen LogP contribution in [0.1, 0.15) is 24.9 Å². The Balaban J connectivity index is 1.82. The normalized spacial score (nSPS) is 17.6. The Labute approximate surface area is 96.2 Å². The molecule has 0 unspecified atom stereocenters. The molecule has 2 N–H and O–H groups in total. The molecule has 3 nitrogen and oxygen atoms in total. The molecule has 1 amide bonds. The Morgan fingerprint density at radius 2 is 2.12 bits per heavy atom. The highest BCUT2D eigenvalue weighted by molar-refractivity contribution is 5.76. The number of benzene rings is 1. The van der Waals surface area contributed by atoms with E-state index in [1.54, 1.807) is 0 Å². The molecule has 1 atom stereocenters. The standard InChI is InChI=1S/C13H18N2O/c1-10(12-5-3-2-4-6-12)15-13(16)7-11-8-14-9-11/h2-6,10-11,14H,7-9H2,1H3,(H,15,16)/t10-/m0/s1. The van der Waals surface area contributed by atoms with Crippen molar-refractivity contribution in [2.24, 2.45) is 5.92 Å². The van der Waals surface area contributed by atoms with Crippen LogP contribution in [-0.2, 0) is 4.79 Å². The monoisotopic (exact) mass is 218 g/mol. The molecule has 0 aliphatic carbocycles. The van der Waals surface area contributed by atoms with Gasteiger partial charge in [-0.2, -0.15) is 0 Å². The molecule has 1 aliphatic rings. The molecule has 1 aromatic carbocycles. The molecule has 1 fully saturated rings. The average Bonchev–Trinajstić information content (AvgIpc) is 2.25. The van der Waals surface area contributed by atoms with Crippen molar-refractivity contribution in [3.63, 3.8) is 0 Å². The van der Waals surface area contributed by atoms with Gasteiger partial charge in [0.2, 0.25) is 5.91 Å². The molecule has 0 saturated carbocycles. The molecule has 1 heterocycles. The van der Waals surface area contributed by atoms with E-state index in [-0.39, 0.29) is 11.9 Å². The van der Waals surface area contributed by atoms with E-state index >= 15 is 0 Å². The van der Waals surface area contributed by atoms with Gasteiger partial charge < -0.3 is 10.6 Å². The minimum Gasteiger partial charge on any atom is -0.350 e. The highest BCUT2D eigenvalue weighted by atomic mass is 16.1. The van der Waals surface area contributed by atoms with Crippen molar-refractivity contribution >= 4 is 5.91 Å².